The van der Waals surface area contributed by atoms with E-state index in [1.54, 1.807) is 22.7 Å². The van der Waals surface area contributed by atoms with Gasteiger partial charge in [0.15, 0.2) is 0 Å². The first-order chi connectivity index (χ1) is 8.40. The molecule has 1 N–H and O–H groups in total. The van der Waals surface area contributed by atoms with Crippen molar-refractivity contribution in [1.82, 2.24) is 14.7 Å². The lowest BCUT2D eigenvalue weighted by Gasteiger charge is -2.28. The van der Waals surface area contributed by atoms with E-state index in [0.717, 1.165) is 5.56 Å². The summed E-state index contributed by atoms with van der Waals surface area (Å²) in [5.41, 5.74) is 1.06. The van der Waals surface area contributed by atoms with E-state index in [1.807, 2.05) is 27.1 Å². The van der Waals surface area contributed by atoms with Gasteiger partial charge >= 0.3 is 0 Å². The van der Waals surface area contributed by atoms with Crippen molar-refractivity contribution >= 4 is 5.91 Å². The summed E-state index contributed by atoms with van der Waals surface area (Å²) < 4.78 is 1.73. The van der Waals surface area contributed by atoms with E-state index in [9.17, 15) is 9.90 Å². The van der Waals surface area contributed by atoms with E-state index in [4.69, 9.17) is 0 Å². The summed E-state index contributed by atoms with van der Waals surface area (Å²) in [6.45, 7) is 6.02. The molecule has 0 aliphatic heterocycles. The molecule has 0 saturated heterocycles. The Hall–Kier alpha value is -1.36. The first kappa shape index (κ1) is 14.7. The molecule has 0 fully saturated rings. The Morgan fingerprint density at radius 1 is 1.50 bits per heavy atom. The highest BCUT2D eigenvalue weighted by Gasteiger charge is 2.18. The third-order valence-electron chi connectivity index (χ3n) is 2.79. The molecule has 1 aromatic heterocycles. The number of carbonyl (C=O) groups excluding carboxylic acids is 1. The number of hydrogen-bond acceptors (Lipinski definition) is 3. The van der Waals surface area contributed by atoms with E-state index in [1.165, 1.54) is 0 Å². The summed E-state index contributed by atoms with van der Waals surface area (Å²) >= 11 is 0. The molecular weight excluding hydrogens is 230 g/mol. The predicted molar refractivity (Wildman–Crippen MR) is 70.1 cm³/mol. The average Bonchev–Trinajstić information content (AvgIpc) is 2.68. The third kappa shape index (κ3) is 4.49. The van der Waals surface area contributed by atoms with Crippen LogP contribution >= 0.6 is 0 Å². The maximum atomic E-state index is 12.1. The van der Waals surface area contributed by atoms with E-state index < -0.39 is 6.10 Å². The number of aliphatic hydroxyl groups is 1. The Balaban J connectivity index is 2.51. The van der Waals surface area contributed by atoms with Crippen molar-refractivity contribution in [3.8, 4) is 0 Å². The largest absolute Gasteiger partial charge is 0.392 e. The second-order valence-electron chi connectivity index (χ2n) is 5.01. The van der Waals surface area contributed by atoms with Gasteiger partial charge in [-0.25, -0.2) is 0 Å². The zero-order valence-electron chi connectivity index (χ0n) is 11.6. The molecule has 1 rings (SSSR count). The van der Waals surface area contributed by atoms with E-state index in [-0.39, 0.29) is 11.9 Å². The second kappa shape index (κ2) is 6.54. The average molecular weight is 253 g/mol. The van der Waals surface area contributed by atoms with Crippen LogP contribution < -0.4 is 0 Å². The lowest BCUT2D eigenvalue weighted by molar-refractivity contribution is -0.134. The fraction of sp³-hybridized carbons (Fsp3) is 0.692. The van der Waals surface area contributed by atoms with Gasteiger partial charge in [0.25, 0.3) is 0 Å². The molecule has 1 atom stereocenters. The van der Waals surface area contributed by atoms with E-state index >= 15 is 0 Å². The molecule has 0 aliphatic rings. The number of aryl methyl sites for hydroxylation is 2. The summed E-state index contributed by atoms with van der Waals surface area (Å²) in [7, 11) is 1.86. The number of hydrogen-bond donors (Lipinski definition) is 1. The van der Waals surface area contributed by atoms with Crippen molar-refractivity contribution in [1.29, 1.82) is 0 Å². The molecule has 1 aromatic rings. The maximum Gasteiger partial charge on any atom is 0.223 e. The highest BCUT2D eigenvalue weighted by atomic mass is 16.3. The number of aliphatic hydroxyl groups excluding tert-OH is 1. The van der Waals surface area contributed by atoms with Crippen LogP contribution in [0.3, 0.4) is 0 Å². The first-order valence-electron chi connectivity index (χ1n) is 6.35. The smallest absolute Gasteiger partial charge is 0.223 e. The Bertz CT molecular complexity index is 385. The van der Waals surface area contributed by atoms with Gasteiger partial charge in [-0.05, 0) is 32.8 Å². The number of carbonyl (C=O) groups is 1. The molecule has 5 heteroatoms. The monoisotopic (exact) mass is 253 g/mol. The number of amides is 1. The van der Waals surface area contributed by atoms with Crippen LogP contribution in [0.4, 0.5) is 0 Å². The van der Waals surface area contributed by atoms with Gasteiger partial charge in [-0.15, -0.1) is 0 Å². The highest BCUT2D eigenvalue weighted by Crippen LogP contribution is 2.07. The summed E-state index contributed by atoms with van der Waals surface area (Å²) in [6, 6.07) is 0.112. The molecule has 0 saturated carbocycles. The molecule has 0 radical (unpaired) electrons. The van der Waals surface area contributed by atoms with Crippen molar-refractivity contribution in [2.75, 3.05) is 6.54 Å². The molecule has 0 bridgehead atoms. The summed E-state index contributed by atoms with van der Waals surface area (Å²) in [5.74, 6) is 0.0785. The lowest BCUT2D eigenvalue weighted by Crippen LogP contribution is -2.41. The molecule has 102 valence electrons. The highest BCUT2D eigenvalue weighted by molar-refractivity contribution is 5.76. The fourth-order valence-electron chi connectivity index (χ4n) is 1.88. The van der Waals surface area contributed by atoms with E-state index in [2.05, 4.69) is 5.10 Å². The molecule has 1 unspecified atom stereocenters. The molecular formula is C13H23N3O2. The Labute approximate surface area is 108 Å². The molecule has 0 spiro atoms. The molecule has 0 aliphatic carbocycles. The topological polar surface area (TPSA) is 58.4 Å². The minimum Gasteiger partial charge on any atom is -0.392 e. The third-order valence-corrected chi connectivity index (χ3v) is 2.79. The number of aromatic nitrogens is 2. The summed E-state index contributed by atoms with van der Waals surface area (Å²) in [5, 5.41) is 13.5. The Morgan fingerprint density at radius 3 is 2.61 bits per heavy atom. The molecule has 5 nitrogen and oxygen atoms in total. The standard InChI is InChI=1S/C13H23N3O2/c1-10(2)16(8-11(3)17)13(18)6-5-12-7-14-15(4)9-12/h7,9-11,17H,5-6,8H2,1-4H3. The van der Waals surface area contributed by atoms with Crippen LogP contribution in [0.2, 0.25) is 0 Å². The van der Waals surface area contributed by atoms with Crippen LogP contribution in [-0.2, 0) is 18.3 Å². The van der Waals surface area contributed by atoms with Crippen molar-refractivity contribution < 1.29 is 9.90 Å². The van der Waals surface area contributed by atoms with Crippen LogP contribution in [0.1, 0.15) is 32.8 Å². The maximum absolute atomic E-state index is 12.1. The first-order valence-corrected chi connectivity index (χ1v) is 6.35. The number of nitrogens with zero attached hydrogens (tertiary/aromatic N) is 3. The van der Waals surface area contributed by atoms with Crippen molar-refractivity contribution in [3.05, 3.63) is 18.0 Å². The van der Waals surface area contributed by atoms with Gasteiger partial charge in [0, 0.05) is 32.3 Å². The van der Waals surface area contributed by atoms with Crippen molar-refractivity contribution in [2.45, 2.75) is 45.8 Å². The van der Waals surface area contributed by atoms with Gasteiger partial charge in [0.1, 0.15) is 0 Å². The normalized spacial score (nSPS) is 12.8. The molecule has 0 aromatic carbocycles. The summed E-state index contributed by atoms with van der Waals surface area (Å²) in [4.78, 5) is 13.8. The second-order valence-corrected chi connectivity index (χ2v) is 5.01. The van der Waals surface area contributed by atoms with Gasteiger partial charge < -0.3 is 10.0 Å². The fourth-order valence-corrected chi connectivity index (χ4v) is 1.88. The van der Waals surface area contributed by atoms with Gasteiger partial charge in [-0.2, -0.15) is 5.10 Å². The van der Waals surface area contributed by atoms with Gasteiger partial charge in [0.05, 0.1) is 12.3 Å². The van der Waals surface area contributed by atoms with Crippen molar-refractivity contribution in [3.63, 3.8) is 0 Å². The molecule has 1 heterocycles. The van der Waals surface area contributed by atoms with Gasteiger partial charge in [-0.1, -0.05) is 0 Å². The van der Waals surface area contributed by atoms with Crippen LogP contribution in [0.25, 0.3) is 0 Å². The Morgan fingerprint density at radius 2 is 2.17 bits per heavy atom. The molecule has 18 heavy (non-hydrogen) atoms. The van der Waals surface area contributed by atoms with E-state index in [0.29, 0.717) is 19.4 Å². The minimum absolute atomic E-state index is 0.0785. The quantitative estimate of drug-likeness (QED) is 0.822. The molecule has 1 amide bonds. The Kier molecular flexibility index (Phi) is 5.34. The van der Waals surface area contributed by atoms with Crippen LogP contribution in [0.5, 0.6) is 0 Å². The lowest BCUT2D eigenvalue weighted by atomic mass is 10.1. The van der Waals surface area contributed by atoms with Crippen LogP contribution in [-0.4, -0.2) is 44.4 Å². The minimum atomic E-state index is -0.491. The van der Waals surface area contributed by atoms with Crippen LogP contribution in [0, 0.1) is 0 Å². The summed E-state index contributed by atoms with van der Waals surface area (Å²) in [6.07, 6.45) is 4.35. The predicted octanol–water partition coefficient (Wildman–Crippen LogP) is 0.970. The van der Waals surface area contributed by atoms with Crippen LogP contribution in [0.15, 0.2) is 12.4 Å². The van der Waals surface area contributed by atoms with Gasteiger partial charge in [-0.3, -0.25) is 9.48 Å². The zero-order valence-corrected chi connectivity index (χ0v) is 11.6. The SMILES string of the molecule is CC(O)CN(C(=O)CCc1cnn(C)c1)C(C)C. The number of rotatable bonds is 6. The van der Waals surface area contributed by atoms with Crippen molar-refractivity contribution in [2.24, 2.45) is 7.05 Å². The van der Waals surface area contributed by atoms with Gasteiger partial charge in [0.2, 0.25) is 5.91 Å². The zero-order chi connectivity index (χ0) is 13.7.